The average Bonchev–Trinajstić information content (AvgIpc) is 3.25. The van der Waals surface area contributed by atoms with Gasteiger partial charge < -0.3 is 16.0 Å². The average molecular weight is 464 g/mol. The van der Waals surface area contributed by atoms with E-state index in [2.05, 4.69) is 25.8 Å². The maximum atomic E-state index is 13.0. The van der Waals surface area contributed by atoms with Crippen LogP contribution in [0, 0.1) is 12.7 Å². The zero-order valence-electron chi connectivity index (χ0n) is 19.3. The van der Waals surface area contributed by atoms with E-state index in [4.69, 9.17) is 0 Å². The van der Waals surface area contributed by atoms with Crippen LogP contribution in [0.2, 0.25) is 0 Å². The Morgan fingerprint density at radius 2 is 1.94 bits per heavy atom. The molecule has 1 aliphatic heterocycles. The molecule has 34 heavy (non-hydrogen) atoms. The zero-order chi connectivity index (χ0) is 23.9. The number of urea groups is 1. The van der Waals surface area contributed by atoms with Crippen molar-refractivity contribution >= 4 is 28.5 Å². The molecule has 1 atom stereocenters. The maximum absolute atomic E-state index is 13.0. The summed E-state index contributed by atoms with van der Waals surface area (Å²) in [6.07, 6.45) is 1.86. The van der Waals surface area contributed by atoms with Crippen LogP contribution in [0.1, 0.15) is 24.1 Å². The standard InChI is InChI=1S/C26H30FN5O2/c1-18-16-24(22-4-2-3-5-23(22)29-18)31-26(34)28-13-15-32-14-12-21(17-32)30-25(33)11-8-19-6-9-20(27)10-7-19/h2-7,9-10,16,21H,8,11-15,17H2,1H3,(H,30,33)(H2,28,29,31,34). The van der Waals surface area contributed by atoms with E-state index in [1.165, 1.54) is 12.1 Å². The third-order valence-electron chi connectivity index (χ3n) is 6.00. The smallest absolute Gasteiger partial charge is 0.319 e. The predicted octanol–water partition coefficient (Wildman–Crippen LogP) is 3.63. The monoisotopic (exact) mass is 463 g/mol. The Morgan fingerprint density at radius 3 is 2.76 bits per heavy atom. The van der Waals surface area contributed by atoms with Gasteiger partial charge in [0.05, 0.1) is 11.2 Å². The lowest BCUT2D eigenvalue weighted by Gasteiger charge is -2.17. The van der Waals surface area contributed by atoms with Crippen LogP contribution < -0.4 is 16.0 Å². The van der Waals surface area contributed by atoms with Crippen molar-refractivity contribution in [3.63, 3.8) is 0 Å². The van der Waals surface area contributed by atoms with Crippen LogP contribution in [-0.2, 0) is 11.2 Å². The minimum atomic E-state index is -0.271. The molecule has 0 aliphatic carbocycles. The summed E-state index contributed by atoms with van der Waals surface area (Å²) < 4.78 is 13.0. The summed E-state index contributed by atoms with van der Waals surface area (Å²) in [7, 11) is 0. The van der Waals surface area contributed by atoms with Gasteiger partial charge in [-0.05, 0) is 49.6 Å². The van der Waals surface area contributed by atoms with E-state index in [0.717, 1.165) is 47.4 Å². The summed E-state index contributed by atoms with van der Waals surface area (Å²) in [6, 6.07) is 15.7. The number of amides is 3. The molecule has 3 aromatic rings. The number of aryl methyl sites for hydroxylation is 2. The molecule has 0 radical (unpaired) electrons. The normalized spacial score (nSPS) is 15.9. The van der Waals surface area contributed by atoms with Gasteiger partial charge in [0.25, 0.3) is 0 Å². The zero-order valence-corrected chi connectivity index (χ0v) is 19.3. The van der Waals surface area contributed by atoms with Crippen LogP contribution in [0.3, 0.4) is 0 Å². The highest BCUT2D eigenvalue weighted by Gasteiger charge is 2.23. The molecule has 0 spiro atoms. The SMILES string of the molecule is Cc1cc(NC(=O)NCCN2CCC(NC(=O)CCc3ccc(F)cc3)C2)c2ccccc2n1. The third kappa shape index (κ3) is 6.51. The molecule has 3 amide bonds. The Hall–Kier alpha value is -3.52. The number of nitrogens with zero attached hydrogens (tertiary/aromatic N) is 2. The van der Waals surface area contributed by atoms with Crippen molar-refractivity contribution in [2.24, 2.45) is 0 Å². The van der Waals surface area contributed by atoms with Gasteiger partial charge in [0.2, 0.25) is 5.91 Å². The van der Waals surface area contributed by atoms with Gasteiger partial charge in [-0.15, -0.1) is 0 Å². The summed E-state index contributed by atoms with van der Waals surface area (Å²) in [5.74, 6) is -0.263. The third-order valence-corrected chi connectivity index (χ3v) is 6.00. The van der Waals surface area contributed by atoms with Crippen LogP contribution in [0.25, 0.3) is 10.9 Å². The fourth-order valence-corrected chi connectivity index (χ4v) is 4.27. The Labute approximate surface area is 198 Å². The van der Waals surface area contributed by atoms with E-state index in [0.29, 0.717) is 25.9 Å². The first-order valence-corrected chi connectivity index (χ1v) is 11.6. The van der Waals surface area contributed by atoms with Gasteiger partial charge in [-0.3, -0.25) is 14.7 Å². The van der Waals surface area contributed by atoms with Crippen molar-refractivity contribution < 1.29 is 14.0 Å². The second kappa shape index (κ2) is 11.1. The van der Waals surface area contributed by atoms with Gasteiger partial charge in [0.15, 0.2) is 0 Å². The molecule has 178 valence electrons. The number of pyridine rings is 1. The second-order valence-electron chi connectivity index (χ2n) is 8.69. The Morgan fingerprint density at radius 1 is 1.15 bits per heavy atom. The van der Waals surface area contributed by atoms with Crippen molar-refractivity contribution in [3.05, 3.63) is 71.7 Å². The number of likely N-dealkylation sites (tertiary alicyclic amines) is 1. The maximum Gasteiger partial charge on any atom is 0.319 e. The molecule has 1 unspecified atom stereocenters. The lowest BCUT2D eigenvalue weighted by Crippen LogP contribution is -2.39. The largest absolute Gasteiger partial charge is 0.352 e. The van der Waals surface area contributed by atoms with Crippen LogP contribution in [0.4, 0.5) is 14.9 Å². The molecule has 1 aromatic heterocycles. The van der Waals surface area contributed by atoms with Gasteiger partial charge in [-0.1, -0.05) is 30.3 Å². The van der Waals surface area contributed by atoms with Gasteiger partial charge in [0, 0.05) is 49.7 Å². The summed E-state index contributed by atoms with van der Waals surface area (Å²) in [4.78, 5) is 31.4. The minimum Gasteiger partial charge on any atom is -0.352 e. The number of para-hydroxylation sites is 1. The highest BCUT2D eigenvalue weighted by molar-refractivity contribution is 6.00. The first-order valence-electron chi connectivity index (χ1n) is 11.6. The summed E-state index contributed by atoms with van der Waals surface area (Å²) in [5.41, 5.74) is 3.38. The number of nitrogens with one attached hydrogen (secondary N) is 3. The van der Waals surface area contributed by atoms with Gasteiger partial charge in [-0.25, -0.2) is 9.18 Å². The quantitative estimate of drug-likeness (QED) is 0.476. The van der Waals surface area contributed by atoms with Crippen LogP contribution in [0.15, 0.2) is 54.6 Å². The molecule has 0 saturated carbocycles. The number of rotatable bonds is 8. The molecule has 4 rings (SSSR count). The fraction of sp³-hybridized carbons (Fsp3) is 0.346. The summed E-state index contributed by atoms with van der Waals surface area (Å²) in [5, 5.41) is 9.83. The molecule has 1 fully saturated rings. The number of carbonyl (C=O) groups is 2. The number of carbonyl (C=O) groups excluding carboxylic acids is 2. The van der Waals surface area contributed by atoms with Crippen molar-refractivity contribution in [1.29, 1.82) is 0 Å². The number of anilines is 1. The molecule has 3 N–H and O–H groups in total. The Balaban J connectivity index is 1.16. The predicted molar refractivity (Wildman–Crippen MR) is 131 cm³/mol. The molecule has 7 nitrogen and oxygen atoms in total. The van der Waals surface area contributed by atoms with Crippen molar-refractivity contribution in [2.45, 2.75) is 32.2 Å². The van der Waals surface area contributed by atoms with Gasteiger partial charge >= 0.3 is 6.03 Å². The molecular formula is C26H30FN5O2. The second-order valence-corrected chi connectivity index (χ2v) is 8.69. The number of fused-ring (bicyclic) bond motifs is 1. The van der Waals surface area contributed by atoms with Crippen molar-refractivity contribution in [2.75, 3.05) is 31.5 Å². The van der Waals surface area contributed by atoms with Gasteiger partial charge in [0.1, 0.15) is 5.82 Å². The molecule has 1 saturated heterocycles. The first kappa shape index (κ1) is 23.6. The first-order chi connectivity index (χ1) is 16.5. The molecule has 0 bridgehead atoms. The highest BCUT2D eigenvalue weighted by atomic mass is 19.1. The molecular weight excluding hydrogens is 433 g/mol. The number of aromatic nitrogens is 1. The number of hydrogen-bond acceptors (Lipinski definition) is 4. The molecule has 2 aromatic carbocycles. The van der Waals surface area contributed by atoms with E-state index in [-0.39, 0.29) is 23.8 Å². The van der Waals surface area contributed by atoms with Crippen LogP contribution in [-0.4, -0.2) is 54.0 Å². The summed E-state index contributed by atoms with van der Waals surface area (Å²) >= 11 is 0. The van der Waals surface area contributed by atoms with E-state index < -0.39 is 0 Å². The van der Waals surface area contributed by atoms with Crippen molar-refractivity contribution in [1.82, 2.24) is 20.5 Å². The Kier molecular flexibility index (Phi) is 7.69. The van der Waals surface area contributed by atoms with E-state index in [1.54, 1.807) is 12.1 Å². The van der Waals surface area contributed by atoms with Crippen LogP contribution in [0.5, 0.6) is 0 Å². The Bertz CT molecular complexity index is 1150. The van der Waals surface area contributed by atoms with E-state index >= 15 is 0 Å². The fourth-order valence-electron chi connectivity index (χ4n) is 4.27. The van der Waals surface area contributed by atoms with E-state index in [1.807, 2.05) is 37.3 Å². The van der Waals surface area contributed by atoms with Crippen LogP contribution >= 0.6 is 0 Å². The number of hydrogen-bond donors (Lipinski definition) is 3. The number of benzene rings is 2. The van der Waals surface area contributed by atoms with E-state index in [9.17, 15) is 14.0 Å². The molecule has 1 aliphatic rings. The number of halogens is 1. The molecule has 2 heterocycles. The highest BCUT2D eigenvalue weighted by Crippen LogP contribution is 2.22. The molecule has 8 heteroatoms. The lowest BCUT2D eigenvalue weighted by molar-refractivity contribution is -0.121. The minimum absolute atomic E-state index is 0.00792. The summed E-state index contributed by atoms with van der Waals surface area (Å²) in [6.45, 7) is 4.77. The van der Waals surface area contributed by atoms with Gasteiger partial charge in [-0.2, -0.15) is 0 Å². The van der Waals surface area contributed by atoms with Crippen molar-refractivity contribution in [3.8, 4) is 0 Å². The topological polar surface area (TPSA) is 86.4 Å². The lowest BCUT2D eigenvalue weighted by atomic mass is 10.1.